The molecule has 84 valence electrons. The zero-order chi connectivity index (χ0) is 12.1. The Bertz CT molecular complexity index is 425. The molecule has 0 aliphatic carbocycles. The van der Waals surface area contributed by atoms with Crippen molar-refractivity contribution in [3.8, 4) is 0 Å². The molecular weight excluding hydrogens is 319 g/mol. The lowest BCUT2D eigenvalue weighted by Gasteiger charge is -2.10. The predicted octanol–water partition coefficient (Wildman–Crippen LogP) is 2.46. The third-order valence-electron chi connectivity index (χ3n) is 2.00. The third kappa shape index (κ3) is 2.82. The van der Waals surface area contributed by atoms with Crippen LogP contribution in [0.25, 0.3) is 5.70 Å². The van der Waals surface area contributed by atoms with Gasteiger partial charge in [-0.1, -0.05) is 30.3 Å². The second kappa shape index (κ2) is 5.64. The van der Waals surface area contributed by atoms with E-state index in [0.717, 1.165) is 5.56 Å². The van der Waals surface area contributed by atoms with Crippen LogP contribution >= 0.6 is 22.9 Å². The van der Waals surface area contributed by atoms with Crippen LogP contribution in [0, 0.1) is 5.41 Å². The van der Waals surface area contributed by atoms with Crippen molar-refractivity contribution in [3.63, 3.8) is 0 Å². The van der Waals surface area contributed by atoms with Crippen molar-refractivity contribution in [1.82, 2.24) is 3.53 Å². The molecule has 0 amide bonds. The van der Waals surface area contributed by atoms with E-state index in [1.165, 1.54) is 6.92 Å². The van der Waals surface area contributed by atoms with Gasteiger partial charge in [0.2, 0.25) is 0 Å². The van der Waals surface area contributed by atoms with Crippen LogP contribution in [0.15, 0.2) is 35.9 Å². The average molecular weight is 330 g/mol. The summed E-state index contributed by atoms with van der Waals surface area (Å²) in [6.07, 6.45) is 0. The fourth-order valence-electron chi connectivity index (χ4n) is 1.31. The highest BCUT2D eigenvalue weighted by Gasteiger charge is 2.17. The Kier molecular flexibility index (Phi) is 4.48. The van der Waals surface area contributed by atoms with Crippen LogP contribution in [0.3, 0.4) is 0 Å². The molecule has 0 bridgehead atoms. The van der Waals surface area contributed by atoms with Crippen LogP contribution < -0.4 is 3.53 Å². The minimum absolute atomic E-state index is 0.0133. The van der Waals surface area contributed by atoms with E-state index in [1.807, 2.05) is 41.1 Å². The molecule has 0 aliphatic rings. The van der Waals surface area contributed by atoms with Crippen LogP contribution in [-0.2, 0) is 4.79 Å². The number of rotatable bonds is 4. The lowest BCUT2D eigenvalue weighted by Crippen LogP contribution is -2.15. The maximum absolute atomic E-state index is 11.1. The first-order valence-corrected chi connectivity index (χ1v) is 5.61. The average Bonchev–Trinajstić information content (AvgIpc) is 2.25. The number of hydrogen-bond acceptors (Lipinski definition) is 3. The summed E-state index contributed by atoms with van der Waals surface area (Å²) in [5, 5.41) is 16.5. The van der Waals surface area contributed by atoms with Gasteiger partial charge in [0, 0.05) is 5.71 Å². The molecule has 1 aromatic carbocycles. The molecule has 0 aliphatic heterocycles. The minimum Gasteiger partial charge on any atom is -0.478 e. The normalized spacial score (nSPS) is 11.6. The monoisotopic (exact) mass is 330 g/mol. The maximum atomic E-state index is 11.1. The van der Waals surface area contributed by atoms with Gasteiger partial charge in [0.05, 0.1) is 28.6 Å². The lowest BCUT2D eigenvalue weighted by atomic mass is 10.0. The second-order valence-corrected chi connectivity index (χ2v) is 3.68. The van der Waals surface area contributed by atoms with Crippen LogP contribution in [0.1, 0.15) is 12.5 Å². The first-order chi connectivity index (χ1) is 7.57. The highest BCUT2D eigenvalue weighted by Crippen LogP contribution is 2.18. The van der Waals surface area contributed by atoms with E-state index in [4.69, 9.17) is 10.5 Å². The molecule has 16 heavy (non-hydrogen) atoms. The van der Waals surface area contributed by atoms with E-state index in [9.17, 15) is 4.79 Å². The maximum Gasteiger partial charge on any atom is 0.339 e. The van der Waals surface area contributed by atoms with Crippen molar-refractivity contribution >= 4 is 40.2 Å². The number of benzene rings is 1. The Morgan fingerprint density at radius 2 is 1.94 bits per heavy atom. The topological polar surface area (TPSA) is 73.2 Å². The largest absolute Gasteiger partial charge is 0.478 e. The van der Waals surface area contributed by atoms with E-state index in [2.05, 4.69) is 3.53 Å². The van der Waals surface area contributed by atoms with E-state index < -0.39 is 5.97 Å². The van der Waals surface area contributed by atoms with Gasteiger partial charge < -0.3 is 14.0 Å². The predicted molar refractivity (Wildman–Crippen MR) is 71.6 cm³/mol. The molecule has 1 aromatic rings. The molecule has 0 aromatic heterocycles. The Balaban J connectivity index is 3.38. The molecule has 0 atom stereocenters. The van der Waals surface area contributed by atoms with Gasteiger partial charge in [-0.05, 0) is 12.5 Å². The van der Waals surface area contributed by atoms with Crippen LogP contribution in [-0.4, -0.2) is 16.8 Å². The lowest BCUT2D eigenvalue weighted by molar-refractivity contribution is -0.132. The standard InChI is InChI=1S/C11H11IN2O2/c1-7(13)9(11(15)16)10(14-12)8-5-3-2-4-6-8/h2-6,13-14H,1H3,(H,15,16)/b10-9+,13-7?. The van der Waals surface area contributed by atoms with Gasteiger partial charge in [0.15, 0.2) is 0 Å². The van der Waals surface area contributed by atoms with Crippen molar-refractivity contribution in [3.05, 3.63) is 41.5 Å². The van der Waals surface area contributed by atoms with Crippen molar-refractivity contribution in [2.75, 3.05) is 0 Å². The van der Waals surface area contributed by atoms with E-state index >= 15 is 0 Å². The highest BCUT2D eigenvalue weighted by atomic mass is 127. The van der Waals surface area contributed by atoms with Crippen LogP contribution in [0.5, 0.6) is 0 Å². The summed E-state index contributed by atoms with van der Waals surface area (Å²) >= 11 is 1.87. The summed E-state index contributed by atoms with van der Waals surface area (Å²) in [7, 11) is 0. The number of carbonyl (C=O) groups is 1. The molecule has 0 unspecified atom stereocenters. The molecule has 0 spiro atoms. The number of carboxylic acids is 1. The molecule has 5 heteroatoms. The fourth-order valence-corrected chi connectivity index (χ4v) is 1.89. The summed E-state index contributed by atoms with van der Waals surface area (Å²) in [4.78, 5) is 11.1. The second-order valence-electron chi connectivity index (χ2n) is 3.14. The fraction of sp³-hybridized carbons (Fsp3) is 0.0909. The Hall–Kier alpha value is -1.37. The van der Waals surface area contributed by atoms with Crippen molar-refractivity contribution in [1.29, 1.82) is 5.41 Å². The Labute approximate surface area is 107 Å². The van der Waals surface area contributed by atoms with Gasteiger partial charge in [-0.15, -0.1) is 0 Å². The first-order valence-electron chi connectivity index (χ1n) is 4.53. The van der Waals surface area contributed by atoms with E-state index in [0.29, 0.717) is 5.70 Å². The molecule has 3 N–H and O–H groups in total. The SMILES string of the molecule is CC(=N)/C(C(=O)O)=C(\NI)c1ccccc1. The minimum atomic E-state index is -1.10. The molecule has 0 saturated carbocycles. The molecule has 0 radical (unpaired) electrons. The van der Waals surface area contributed by atoms with E-state index in [-0.39, 0.29) is 11.3 Å². The Morgan fingerprint density at radius 3 is 2.31 bits per heavy atom. The number of aliphatic carboxylic acids is 1. The van der Waals surface area contributed by atoms with Crippen LogP contribution in [0.2, 0.25) is 0 Å². The van der Waals surface area contributed by atoms with Gasteiger partial charge in [0.25, 0.3) is 0 Å². The van der Waals surface area contributed by atoms with Gasteiger partial charge in [0.1, 0.15) is 5.57 Å². The molecular formula is C11H11IN2O2. The molecule has 0 saturated heterocycles. The van der Waals surface area contributed by atoms with Gasteiger partial charge in [-0.3, -0.25) is 0 Å². The van der Waals surface area contributed by atoms with Gasteiger partial charge in [-0.2, -0.15) is 0 Å². The van der Waals surface area contributed by atoms with Crippen molar-refractivity contribution in [2.24, 2.45) is 0 Å². The molecule has 1 rings (SSSR count). The van der Waals surface area contributed by atoms with Gasteiger partial charge >= 0.3 is 5.97 Å². The zero-order valence-electron chi connectivity index (χ0n) is 8.62. The molecule has 0 fully saturated rings. The number of nitrogens with one attached hydrogen (secondary N) is 2. The third-order valence-corrected chi connectivity index (χ3v) is 2.54. The van der Waals surface area contributed by atoms with Gasteiger partial charge in [-0.25, -0.2) is 4.79 Å². The molecule has 0 heterocycles. The van der Waals surface area contributed by atoms with E-state index in [1.54, 1.807) is 12.1 Å². The summed E-state index contributed by atoms with van der Waals surface area (Å²) in [5.41, 5.74) is 1.21. The summed E-state index contributed by atoms with van der Waals surface area (Å²) in [6, 6.07) is 9.09. The smallest absolute Gasteiger partial charge is 0.339 e. The van der Waals surface area contributed by atoms with Crippen LogP contribution in [0.4, 0.5) is 0 Å². The summed E-state index contributed by atoms with van der Waals surface area (Å²) in [6.45, 7) is 1.46. The Morgan fingerprint density at radius 1 is 1.38 bits per heavy atom. The number of hydrogen-bond donors (Lipinski definition) is 3. The number of carboxylic acid groups (broad SMARTS) is 1. The molecule has 4 nitrogen and oxygen atoms in total. The first kappa shape index (κ1) is 12.7. The number of halogens is 1. The quantitative estimate of drug-likeness (QED) is 0.344. The summed E-state index contributed by atoms with van der Waals surface area (Å²) in [5.74, 6) is -1.10. The van der Waals surface area contributed by atoms with Crippen molar-refractivity contribution in [2.45, 2.75) is 6.92 Å². The highest BCUT2D eigenvalue weighted by molar-refractivity contribution is 14.1. The zero-order valence-corrected chi connectivity index (χ0v) is 10.8. The summed E-state index contributed by atoms with van der Waals surface area (Å²) < 4.78 is 2.81. The van der Waals surface area contributed by atoms with Crippen molar-refractivity contribution < 1.29 is 9.90 Å².